The maximum atomic E-state index is 13.1. The topological polar surface area (TPSA) is 117 Å². The van der Waals surface area contributed by atoms with Crippen LogP contribution in [0.4, 0.5) is 43.9 Å². The molecule has 41 heavy (non-hydrogen) atoms. The van der Waals surface area contributed by atoms with Crippen LogP contribution in [0.3, 0.4) is 0 Å². The van der Waals surface area contributed by atoms with Crippen LogP contribution in [0, 0.1) is 0 Å². The van der Waals surface area contributed by atoms with E-state index in [9.17, 15) is 31.1 Å². The number of alkyl halides is 6. The molecular weight excluding hydrogens is 558 g/mol. The molecule has 3 N–H and O–H groups in total. The minimum Gasteiger partial charge on any atom is -0.454 e. The Morgan fingerprint density at radius 1 is 0.976 bits per heavy atom. The Morgan fingerprint density at radius 3 is 2.41 bits per heavy atom. The van der Waals surface area contributed by atoms with Gasteiger partial charge >= 0.3 is 18.4 Å². The molecule has 1 fully saturated rings. The van der Waals surface area contributed by atoms with Crippen LogP contribution in [0.25, 0.3) is 0 Å². The predicted octanol–water partition coefficient (Wildman–Crippen LogP) is 4.16. The first-order valence-corrected chi connectivity index (χ1v) is 12.5. The van der Waals surface area contributed by atoms with Crippen LogP contribution in [0.15, 0.2) is 48.7 Å². The van der Waals surface area contributed by atoms with Crippen molar-refractivity contribution in [3.63, 3.8) is 0 Å². The van der Waals surface area contributed by atoms with Crippen molar-refractivity contribution in [2.75, 3.05) is 36.9 Å². The van der Waals surface area contributed by atoms with Gasteiger partial charge in [0.15, 0.2) is 6.61 Å². The zero-order valence-corrected chi connectivity index (χ0v) is 21.5. The highest BCUT2D eigenvalue weighted by molar-refractivity contribution is 5.78. The average molecular weight is 585 g/mol. The lowest BCUT2D eigenvalue weighted by molar-refractivity contribution is -0.154. The van der Waals surface area contributed by atoms with Gasteiger partial charge in [-0.25, -0.2) is 0 Å². The molecule has 1 aliphatic rings. The highest BCUT2D eigenvalue weighted by atomic mass is 19.4. The molecule has 10 nitrogen and oxygen atoms in total. The number of aromatic nitrogens is 4. The zero-order valence-electron chi connectivity index (χ0n) is 21.5. The van der Waals surface area contributed by atoms with E-state index < -0.39 is 30.5 Å². The number of hydrogen-bond donors (Lipinski definition) is 3. The number of nitrogens with one attached hydrogen (secondary N) is 3. The fraction of sp³-hybridized carbons (Fsp3) is 0.400. The fourth-order valence-electron chi connectivity index (χ4n) is 3.96. The van der Waals surface area contributed by atoms with Gasteiger partial charge in [-0.2, -0.15) is 41.3 Å². The molecule has 1 saturated heterocycles. The minimum absolute atomic E-state index is 0.0339. The van der Waals surface area contributed by atoms with Crippen molar-refractivity contribution in [2.24, 2.45) is 0 Å². The largest absolute Gasteiger partial charge is 0.454 e. The molecule has 0 spiro atoms. The Balaban J connectivity index is 1.37. The highest BCUT2D eigenvalue weighted by Gasteiger charge is 2.31. The number of carbonyl (C=O) groups is 1. The van der Waals surface area contributed by atoms with Crippen molar-refractivity contribution in [2.45, 2.75) is 37.8 Å². The number of anilines is 3. The van der Waals surface area contributed by atoms with Crippen molar-refractivity contribution < 1.29 is 35.9 Å². The second-order valence-corrected chi connectivity index (χ2v) is 9.17. The number of benzene rings is 1. The summed E-state index contributed by atoms with van der Waals surface area (Å²) in [6.45, 7) is -0.0716. The lowest BCUT2D eigenvalue weighted by Gasteiger charge is -2.31. The molecule has 1 aliphatic heterocycles. The normalized spacial score (nSPS) is 14.9. The van der Waals surface area contributed by atoms with Crippen molar-refractivity contribution in [1.82, 2.24) is 30.2 Å². The number of piperidine rings is 1. The standard InChI is InChI=1S/C25H26F6N8O2/c26-24(27,28)15-41-23-37-21(36-22(38-23)35-18-6-3-4-16(12-18)25(29,30)31)34-17-7-10-39(11-8-17)14-20(40)33-13-19-5-1-2-9-32-19/h1-6,9,12,17H,7-8,10-11,13-15H2,(H,33,40)(H2,34,35,36,37,38). The Morgan fingerprint density at radius 2 is 1.73 bits per heavy atom. The van der Waals surface area contributed by atoms with Gasteiger partial charge in [-0.1, -0.05) is 12.1 Å². The third kappa shape index (κ3) is 9.73. The summed E-state index contributed by atoms with van der Waals surface area (Å²) >= 11 is 0. The Hall–Kier alpha value is -4.21. The molecule has 3 heterocycles. The zero-order chi connectivity index (χ0) is 29.5. The van der Waals surface area contributed by atoms with Crippen molar-refractivity contribution >= 4 is 23.5 Å². The van der Waals surface area contributed by atoms with Gasteiger partial charge < -0.3 is 20.7 Å². The molecule has 0 unspecified atom stereocenters. The molecule has 0 atom stereocenters. The van der Waals surface area contributed by atoms with Crippen LogP contribution < -0.4 is 20.7 Å². The van der Waals surface area contributed by atoms with E-state index in [4.69, 9.17) is 0 Å². The number of hydrogen-bond acceptors (Lipinski definition) is 9. The molecule has 0 bridgehead atoms. The third-order valence-electron chi connectivity index (χ3n) is 5.91. The first kappa shape index (κ1) is 29.8. The molecular formula is C25H26F6N8O2. The molecule has 2 aromatic heterocycles. The molecule has 0 aliphatic carbocycles. The summed E-state index contributed by atoms with van der Waals surface area (Å²) in [5, 5.41) is 8.40. The van der Waals surface area contributed by atoms with Crippen molar-refractivity contribution in [3.05, 3.63) is 59.9 Å². The Labute approximate surface area is 230 Å². The molecule has 3 aromatic rings. The second-order valence-electron chi connectivity index (χ2n) is 9.17. The summed E-state index contributed by atoms with van der Waals surface area (Å²) in [6, 6.07) is 8.75. The van der Waals surface area contributed by atoms with E-state index in [-0.39, 0.29) is 36.1 Å². The van der Waals surface area contributed by atoms with Gasteiger partial charge in [0.1, 0.15) is 0 Å². The predicted molar refractivity (Wildman–Crippen MR) is 135 cm³/mol. The number of halogens is 6. The molecule has 1 aromatic carbocycles. The van der Waals surface area contributed by atoms with E-state index in [0.29, 0.717) is 32.5 Å². The van der Waals surface area contributed by atoms with Gasteiger partial charge in [0.05, 0.1) is 24.3 Å². The summed E-state index contributed by atoms with van der Waals surface area (Å²) in [5.41, 5.74) is -0.226. The number of nitrogens with zero attached hydrogens (tertiary/aromatic N) is 5. The van der Waals surface area contributed by atoms with Gasteiger partial charge in [-0.15, -0.1) is 0 Å². The first-order valence-electron chi connectivity index (χ1n) is 12.5. The fourth-order valence-corrected chi connectivity index (χ4v) is 3.96. The molecule has 220 valence electrons. The lowest BCUT2D eigenvalue weighted by Crippen LogP contribution is -2.44. The van der Waals surface area contributed by atoms with Crippen LogP contribution in [0.2, 0.25) is 0 Å². The van der Waals surface area contributed by atoms with Gasteiger partial charge in [-0.3, -0.25) is 14.7 Å². The first-order chi connectivity index (χ1) is 19.4. The monoisotopic (exact) mass is 584 g/mol. The van der Waals surface area contributed by atoms with Gasteiger partial charge in [0, 0.05) is 31.0 Å². The van der Waals surface area contributed by atoms with E-state index >= 15 is 0 Å². The summed E-state index contributed by atoms with van der Waals surface area (Å²) in [6.07, 6.45) is -6.49. The number of ether oxygens (including phenoxy) is 1. The molecule has 4 rings (SSSR count). The number of pyridine rings is 1. The Bertz CT molecular complexity index is 1300. The SMILES string of the molecule is O=C(CN1CCC(Nc2nc(Nc3cccc(C(F)(F)F)c3)nc(OCC(F)(F)F)n2)CC1)NCc1ccccn1. The van der Waals surface area contributed by atoms with Gasteiger partial charge in [0.25, 0.3) is 0 Å². The van der Waals surface area contributed by atoms with Crippen LogP contribution in [0.5, 0.6) is 6.01 Å². The summed E-state index contributed by atoms with van der Waals surface area (Å²) in [5.74, 6) is -0.574. The quantitative estimate of drug-likeness (QED) is 0.302. The molecule has 16 heteroatoms. The van der Waals surface area contributed by atoms with E-state index in [1.165, 1.54) is 12.1 Å². The highest BCUT2D eigenvalue weighted by Crippen LogP contribution is 2.31. The van der Waals surface area contributed by atoms with Gasteiger partial charge in [0.2, 0.25) is 17.8 Å². The van der Waals surface area contributed by atoms with E-state index in [0.717, 1.165) is 17.8 Å². The van der Waals surface area contributed by atoms with Gasteiger partial charge in [-0.05, 0) is 43.2 Å². The number of carbonyl (C=O) groups excluding carboxylic acids is 1. The molecule has 0 radical (unpaired) electrons. The number of rotatable bonds is 10. The summed E-state index contributed by atoms with van der Waals surface area (Å²) in [4.78, 5) is 30.2. The van der Waals surface area contributed by atoms with Crippen molar-refractivity contribution in [3.8, 4) is 6.01 Å². The van der Waals surface area contributed by atoms with Crippen LogP contribution >= 0.6 is 0 Å². The third-order valence-corrected chi connectivity index (χ3v) is 5.91. The maximum absolute atomic E-state index is 13.1. The van der Waals surface area contributed by atoms with Crippen LogP contribution in [-0.4, -0.2) is 69.2 Å². The molecule has 0 saturated carbocycles. The maximum Gasteiger partial charge on any atom is 0.422 e. The second kappa shape index (κ2) is 13.0. The van der Waals surface area contributed by atoms with E-state index in [2.05, 4.69) is 40.6 Å². The summed E-state index contributed by atoms with van der Waals surface area (Å²) < 4.78 is 82.0. The van der Waals surface area contributed by atoms with Crippen molar-refractivity contribution in [1.29, 1.82) is 0 Å². The van der Waals surface area contributed by atoms with E-state index in [1.807, 2.05) is 11.0 Å². The van der Waals surface area contributed by atoms with E-state index in [1.54, 1.807) is 18.3 Å². The average Bonchev–Trinajstić information content (AvgIpc) is 2.92. The number of amides is 1. The molecule has 1 amide bonds. The Kier molecular flexibility index (Phi) is 9.42. The van der Waals surface area contributed by atoms with Crippen LogP contribution in [0.1, 0.15) is 24.1 Å². The number of likely N-dealkylation sites (tertiary alicyclic amines) is 1. The lowest BCUT2D eigenvalue weighted by atomic mass is 10.1. The smallest absolute Gasteiger partial charge is 0.422 e. The summed E-state index contributed by atoms with van der Waals surface area (Å²) in [7, 11) is 0. The van der Waals surface area contributed by atoms with Crippen LogP contribution in [-0.2, 0) is 17.5 Å². The minimum atomic E-state index is -4.66.